The highest BCUT2D eigenvalue weighted by atomic mass is 19.4. The molecule has 0 atom stereocenters. The Labute approximate surface area is 250 Å². The van der Waals surface area contributed by atoms with Crippen LogP contribution in [0, 0.1) is 0 Å². The number of benzene rings is 2. The van der Waals surface area contributed by atoms with E-state index < -0.39 is 12.1 Å². The standard InChI is InChI=1S/C29H32F3N7O2.C2H6/c1-37(2)14-15-38(3)25-17-26(41-5)23(16-22(25)34-27(40)10-12-29(30,31)32)36-28-33-13-11-21(35-28)20-18-39(4)24-9-7-6-8-19(20)24;1-2/h6-13,16-18H,14-15H2,1-5H3,(H,34,40)(H,33,35,36);1-2H3/b12-10+;. The van der Waals surface area contributed by atoms with E-state index in [0.717, 1.165) is 16.5 Å². The second-order valence-corrected chi connectivity index (χ2v) is 9.72. The van der Waals surface area contributed by atoms with Gasteiger partial charge >= 0.3 is 6.18 Å². The fraction of sp³-hybridized carbons (Fsp3) is 0.323. The Bertz CT molecular complexity index is 1570. The van der Waals surface area contributed by atoms with Crippen molar-refractivity contribution < 1.29 is 22.7 Å². The average molecular weight is 598 g/mol. The van der Waals surface area contributed by atoms with Gasteiger partial charge in [-0.25, -0.2) is 9.97 Å². The zero-order chi connectivity index (χ0) is 31.7. The maximum Gasteiger partial charge on any atom is 0.409 e. The quantitative estimate of drug-likeness (QED) is 0.203. The number of amides is 1. The van der Waals surface area contributed by atoms with Gasteiger partial charge in [0.15, 0.2) is 0 Å². The highest BCUT2D eigenvalue weighted by Crippen LogP contribution is 2.38. The SMILES string of the molecule is CC.COc1cc(N(C)CCN(C)C)c(NC(=O)/C=C/C(F)(F)F)cc1Nc1nccc(-c2cn(C)c3ccccc23)n1. The number of hydrogen-bond acceptors (Lipinski definition) is 7. The van der Waals surface area contributed by atoms with Crippen molar-refractivity contribution in [3.05, 3.63) is 67.0 Å². The zero-order valence-electron chi connectivity index (χ0n) is 25.5. The van der Waals surface area contributed by atoms with Crippen molar-refractivity contribution in [2.24, 2.45) is 7.05 Å². The third kappa shape index (κ3) is 8.71. The van der Waals surface area contributed by atoms with Crippen molar-refractivity contribution in [1.29, 1.82) is 0 Å². The summed E-state index contributed by atoms with van der Waals surface area (Å²) in [5.41, 5.74) is 3.96. The fourth-order valence-electron chi connectivity index (χ4n) is 4.30. The Morgan fingerprint density at radius 1 is 1.07 bits per heavy atom. The number of likely N-dealkylation sites (N-methyl/N-ethyl adjacent to an activating group) is 2. The molecule has 4 aromatic rings. The van der Waals surface area contributed by atoms with E-state index in [0.29, 0.717) is 42.0 Å². The van der Waals surface area contributed by atoms with Crippen LogP contribution in [0.4, 0.5) is 36.2 Å². The number of carbonyl (C=O) groups is 1. The Morgan fingerprint density at radius 3 is 2.47 bits per heavy atom. The van der Waals surface area contributed by atoms with Gasteiger partial charge in [0.2, 0.25) is 11.9 Å². The van der Waals surface area contributed by atoms with Crippen LogP contribution in [0.25, 0.3) is 22.2 Å². The number of rotatable bonds is 10. The number of nitrogens with one attached hydrogen (secondary N) is 2. The number of anilines is 4. The molecule has 0 spiro atoms. The molecular formula is C31H38F3N7O2. The van der Waals surface area contributed by atoms with Crippen LogP contribution in [0.5, 0.6) is 5.75 Å². The number of hydrogen-bond donors (Lipinski definition) is 2. The van der Waals surface area contributed by atoms with Crippen LogP contribution in [-0.2, 0) is 11.8 Å². The summed E-state index contributed by atoms with van der Waals surface area (Å²) in [4.78, 5) is 25.4. The van der Waals surface area contributed by atoms with Gasteiger partial charge in [-0.15, -0.1) is 0 Å². The van der Waals surface area contributed by atoms with E-state index >= 15 is 0 Å². The number of allylic oxidation sites excluding steroid dienone is 1. The number of aromatic nitrogens is 3. The summed E-state index contributed by atoms with van der Waals surface area (Å²) in [6.45, 7) is 5.29. The monoisotopic (exact) mass is 597 g/mol. The molecule has 0 fully saturated rings. The van der Waals surface area contributed by atoms with Crippen molar-refractivity contribution in [3.63, 3.8) is 0 Å². The van der Waals surface area contributed by atoms with Gasteiger partial charge in [0.05, 0.1) is 29.9 Å². The molecular weight excluding hydrogens is 559 g/mol. The lowest BCUT2D eigenvalue weighted by Gasteiger charge is -2.26. The Balaban J connectivity index is 0.00000248. The Morgan fingerprint density at radius 2 is 1.79 bits per heavy atom. The maximum absolute atomic E-state index is 12.7. The summed E-state index contributed by atoms with van der Waals surface area (Å²) >= 11 is 0. The molecule has 0 radical (unpaired) electrons. The van der Waals surface area contributed by atoms with E-state index in [-0.39, 0.29) is 17.7 Å². The summed E-state index contributed by atoms with van der Waals surface area (Å²) < 4.78 is 45.6. The number of carbonyl (C=O) groups excluding carboxylic acids is 1. The molecule has 0 aliphatic heterocycles. The molecule has 12 heteroatoms. The van der Waals surface area contributed by atoms with Gasteiger partial charge in [-0.1, -0.05) is 32.0 Å². The highest BCUT2D eigenvalue weighted by Gasteiger charge is 2.23. The molecule has 0 bridgehead atoms. The molecule has 4 rings (SSSR count). The summed E-state index contributed by atoms with van der Waals surface area (Å²) in [7, 11) is 9.15. The van der Waals surface area contributed by atoms with Gasteiger partial charge in [-0.2, -0.15) is 13.2 Å². The smallest absolute Gasteiger partial charge is 0.409 e. The highest BCUT2D eigenvalue weighted by molar-refractivity contribution is 6.02. The van der Waals surface area contributed by atoms with Gasteiger partial charge < -0.3 is 29.7 Å². The molecule has 2 aromatic heterocycles. The van der Waals surface area contributed by atoms with Gasteiger partial charge in [0, 0.05) is 74.3 Å². The fourth-order valence-corrected chi connectivity index (χ4v) is 4.30. The van der Waals surface area contributed by atoms with Gasteiger partial charge in [-0.05, 0) is 32.3 Å². The number of ether oxygens (including phenoxy) is 1. The van der Waals surface area contributed by atoms with E-state index in [1.807, 2.05) is 92.9 Å². The molecule has 2 N–H and O–H groups in total. The lowest BCUT2D eigenvalue weighted by Crippen LogP contribution is -2.29. The van der Waals surface area contributed by atoms with Gasteiger partial charge in [0.25, 0.3) is 0 Å². The number of nitrogens with zero attached hydrogens (tertiary/aromatic N) is 5. The third-order valence-corrected chi connectivity index (χ3v) is 6.37. The van der Waals surface area contributed by atoms with Crippen molar-refractivity contribution in [2.75, 3.05) is 56.9 Å². The summed E-state index contributed by atoms with van der Waals surface area (Å²) in [6, 6.07) is 13.1. The van der Waals surface area contributed by atoms with E-state index in [1.54, 1.807) is 18.3 Å². The lowest BCUT2D eigenvalue weighted by atomic mass is 10.1. The first-order chi connectivity index (χ1) is 20.4. The van der Waals surface area contributed by atoms with Gasteiger partial charge in [-0.3, -0.25) is 4.79 Å². The first-order valence-electron chi connectivity index (χ1n) is 13.7. The Kier molecular flexibility index (Phi) is 11.1. The minimum atomic E-state index is -4.61. The first-order valence-corrected chi connectivity index (χ1v) is 13.7. The number of alkyl halides is 3. The van der Waals surface area contributed by atoms with Crippen molar-refractivity contribution >= 4 is 39.8 Å². The van der Waals surface area contributed by atoms with Crippen LogP contribution in [0.15, 0.2) is 67.0 Å². The normalized spacial score (nSPS) is 11.4. The number of methoxy groups -OCH3 is 1. The molecule has 9 nitrogen and oxygen atoms in total. The molecule has 0 aliphatic carbocycles. The molecule has 0 unspecified atom stereocenters. The predicted molar refractivity (Wildman–Crippen MR) is 167 cm³/mol. The van der Waals surface area contributed by atoms with Crippen LogP contribution >= 0.6 is 0 Å². The molecule has 230 valence electrons. The zero-order valence-corrected chi connectivity index (χ0v) is 25.5. The van der Waals surface area contributed by atoms with Crippen LogP contribution in [-0.4, -0.2) is 72.9 Å². The Hall–Kier alpha value is -4.58. The van der Waals surface area contributed by atoms with Crippen LogP contribution in [0.3, 0.4) is 0 Å². The molecule has 0 saturated heterocycles. The molecule has 2 aromatic carbocycles. The summed E-state index contributed by atoms with van der Waals surface area (Å²) in [5, 5.41) is 6.75. The van der Waals surface area contributed by atoms with E-state index in [1.165, 1.54) is 7.11 Å². The van der Waals surface area contributed by atoms with E-state index in [4.69, 9.17) is 9.72 Å². The molecule has 0 saturated carbocycles. The second kappa shape index (κ2) is 14.5. The minimum absolute atomic E-state index is 0.104. The third-order valence-electron chi connectivity index (χ3n) is 6.37. The minimum Gasteiger partial charge on any atom is -0.494 e. The molecule has 0 aliphatic rings. The number of halogens is 3. The molecule has 2 heterocycles. The number of aryl methyl sites for hydroxylation is 1. The first kappa shape index (κ1) is 32.9. The van der Waals surface area contributed by atoms with Crippen molar-refractivity contribution in [3.8, 4) is 17.0 Å². The predicted octanol–water partition coefficient (Wildman–Crippen LogP) is 6.47. The molecule has 43 heavy (non-hydrogen) atoms. The van der Waals surface area contributed by atoms with Crippen LogP contribution < -0.4 is 20.3 Å². The van der Waals surface area contributed by atoms with Crippen LogP contribution in [0.1, 0.15) is 13.8 Å². The number of fused-ring (bicyclic) bond motifs is 1. The second-order valence-electron chi connectivity index (χ2n) is 9.72. The number of para-hydroxylation sites is 1. The largest absolute Gasteiger partial charge is 0.494 e. The maximum atomic E-state index is 12.7. The van der Waals surface area contributed by atoms with Crippen LogP contribution in [0.2, 0.25) is 0 Å². The van der Waals surface area contributed by atoms with Gasteiger partial charge in [0.1, 0.15) is 5.75 Å². The van der Waals surface area contributed by atoms with Crippen molar-refractivity contribution in [1.82, 2.24) is 19.4 Å². The van der Waals surface area contributed by atoms with E-state index in [9.17, 15) is 18.0 Å². The molecule has 1 amide bonds. The summed E-state index contributed by atoms with van der Waals surface area (Å²) in [5.74, 6) is -0.216. The van der Waals surface area contributed by atoms with E-state index in [2.05, 4.69) is 15.6 Å². The lowest BCUT2D eigenvalue weighted by molar-refractivity contribution is -0.112. The average Bonchev–Trinajstić information content (AvgIpc) is 3.32. The topological polar surface area (TPSA) is 87.5 Å². The summed E-state index contributed by atoms with van der Waals surface area (Å²) in [6.07, 6.45) is -0.628. The van der Waals surface area contributed by atoms with Crippen molar-refractivity contribution in [2.45, 2.75) is 20.0 Å².